The van der Waals surface area contributed by atoms with Gasteiger partial charge < -0.3 is 15.7 Å². The third kappa shape index (κ3) is 4.03. The molecule has 3 N–H and O–H groups in total. The molecule has 0 radical (unpaired) electrons. The maximum Gasteiger partial charge on any atom is 0.341 e. The van der Waals surface area contributed by atoms with Crippen LogP contribution < -0.4 is 10.6 Å². The van der Waals surface area contributed by atoms with Gasteiger partial charge in [-0.25, -0.2) is 14.8 Å². The Hall–Kier alpha value is -2.93. The van der Waals surface area contributed by atoms with Crippen molar-refractivity contribution in [1.29, 1.82) is 0 Å². The van der Waals surface area contributed by atoms with Crippen molar-refractivity contribution in [2.45, 2.75) is 0 Å². The molecule has 0 fully saturated rings. The van der Waals surface area contributed by atoms with Crippen LogP contribution in [-0.4, -0.2) is 27.4 Å². The van der Waals surface area contributed by atoms with Crippen LogP contribution in [0.2, 0.25) is 5.28 Å². The Bertz CT molecular complexity index is 716. The van der Waals surface area contributed by atoms with Crippen LogP contribution in [0.25, 0.3) is 0 Å². The van der Waals surface area contributed by atoms with Gasteiger partial charge in [-0.3, -0.25) is 0 Å². The summed E-state index contributed by atoms with van der Waals surface area (Å²) in [4.78, 5) is 22.5. The standard InChI is InChI=1S/C14H12ClN5O2/c1-2-16-8-18-9-3-5-10(6-4-9)19-12-11(13(21)22)7-17-14(15)20-12/h2-8H,1H2,(H,16,18)(H,21,22)(H,17,19,20). The van der Waals surface area contributed by atoms with Gasteiger partial charge in [-0.2, -0.15) is 4.98 Å². The van der Waals surface area contributed by atoms with E-state index in [4.69, 9.17) is 16.7 Å². The SMILES string of the molecule is C=CN=CNc1ccc(Nc2nc(Cl)ncc2C(=O)O)cc1. The zero-order valence-electron chi connectivity index (χ0n) is 11.3. The topological polar surface area (TPSA) is 99.5 Å². The molecule has 7 nitrogen and oxygen atoms in total. The normalized spacial score (nSPS) is 10.4. The highest BCUT2D eigenvalue weighted by atomic mass is 35.5. The first-order valence-electron chi connectivity index (χ1n) is 6.12. The summed E-state index contributed by atoms with van der Waals surface area (Å²) in [7, 11) is 0. The van der Waals surface area contributed by atoms with Gasteiger partial charge in [0.25, 0.3) is 0 Å². The number of rotatable bonds is 6. The van der Waals surface area contributed by atoms with Gasteiger partial charge in [0, 0.05) is 23.8 Å². The first-order chi connectivity index (χ1) is 10.6. The Morgan fingerprint density at radius 1 is 1.32 bits per heavy atom. The molecule has 0 aliphatic heterocycles. The third-order valence-corrected chi connectivity index (χ3v) is 2.73. The molecule has 0 amide bonds. The lowest BCUT2D eigenvalue weighted by Crippen LogP contribution is -2.06. The molecule has 1 aromatic heterocycles. The number of carbonyl (C=O) groups is 1. The number of nitrogens with one attached hydrogen (secondary N) is 2. The van der Waals surface area contributed by atoms with Crippen molar-refractivity contribution < 1.29 is 9.90 Å². The van der Waals surface area contributed by atoms with Crippen LogP contribution in [0.15, 0.2) is 48.2 Å². The average molecular weight is 318 g/mol. The molecule has 0 saturated heterocycles. The minimum absolute atomic E-state index is 0.0357. The number of carboxylic acids is 1. The number of benzene rings is 1. The predicted molar refractivity (Wildman–Crippen MR) is 86.0 cm³/mol. The molecule has 0 saturated carbocycles. The van der Waals surface area contributed by atoms with Crippen molar-refractivity contribution in [1.82, 2.24) is 9.97 Å². The van der Waals surface area contributed by atoms with E-state index in [-0.39, 0.29) is 16.7 Å². The van der Waals surface area contributed by atoms with E-state index in [1.54, 1.807) is 24.3 Å². The minimum atomic E-state index is -1.14. The predicted octanol–water partition coefficient (Wildman–Crippen LogP) is 3.16. The van der Waals surface area contributed by atoms with E-state index >= 15 is 0 Å². The van der Waals surface area contributed by atoms with E-state index in [2.05, 4.69) is 32.2 Å². The number of halogens is 1. The average Bonchev–Trinajstić information content (AvgIpc) is 2.49. The summed E-state index contributed by atoms with van der Waals surface area (Å²) in [6.45, 7) is 3.46. The number of hydrogen-bond donors (Lipinski definition) is 3. The number of aromatic nitrogens is 2. The molecule has 0 aliphatic rings. The van der Waals surface area contributed by atoms with Gasteiger partial charge in [-0.1, -0.05) is 6.58 Å². The van der Waals surface area contributed by atoms with Gasteiger partial charge in [0.15, 0.2) is 0 Å². The molecule has 0 unspecified atom stereocenters. The van der Waals surface area contributed by atoms with Crippen LogP contribution in [0.4, 0.5) is 17.2 Å². The number of aliphatic imine (C=N–C) groups is 1. The van der Waals surface area contributed by atoms with Crippen molar-refractivity contribution in [3.8, 4) is 0 Å². The van der Waals surface area contributed by atoms with Crippen molar-refractivity contribution >= 4 is 41.1 Å². The Morgan fingerprint density at radius 3 is 2.64 bits per heavy atom. The Morgan fingerprint density at radius 2 is 2.00 bits per heavy atom. The fraction of sp³-hybridized carbons (Fsp3) is 0. The molecule has 8 heteroatoms. The maximum absolute atomic E-state index is 11.1. The van der Waals surface area contributed by atoms with Crippen molar-refractivity contribution in [2.24, 2.45) is 4.99 Å². The molecule has 112 valence electrons. The summed E-state index contributed by atoms with van der Waals surface area (Å²) >= 11 is 5.70. The van der Waals surface area contributed by atoms with Crippen LogP contribution in [-0.2, 0) is 0 Å². The fourth-order valence-electron chi connectivity index (χ4n) is 1.56. The first-order valence-corrected chi connectivity index (χ1v) is 6.50. The number of aromatic carboxylic acids is 1. The lowest BCUT2D eigenvalue weighted by atomic mass is 10.2. The fourth-order valence-corrected chi connectivity index (χ4v) is 1.70. The molecule has 2 rings (SSSR count). The molecular formula is C14H12ClN5O2. The van der Waals surface area contributed by atoms with Gasteiger partial charge in [-0.15, -0.1) is 0 Å². The Labute approximate surface area is 131 Å². The molecule has 0 bridgehead atoms. The third-order valence-electron chi connectivity index (χ3n) is 2.55. The van der Waals surface area contributed by atoms with E-state index < -0.39 is 5.97 Å². The summed E-state index contributed by atoms with van der Waals surface area (Å²) in [5, 5.41) is 14.9. The van der Waals surface area contributed by atoms with Crippen LogP contribution in [0.5, 0.6) is 0 Å². The van der Waals surface area contributed by atoms with Crippen LogP contribution in [0, 0.1) is 0 Å². The summed E-state index contributed by atoms with van der Waals surface area (Å²) in [5.74, 6) is -1.01. The smallest absolute Gasteiger partial charge is 0.341 e. The molecule has 1 aromatic carbocycles. The molecule has 1 heterocycles. The van der Waals surface area contributed by atoms with Crippen LogP contribution in [0.3, 0.4) is 0 Å². The Balaban J connectivity index is 2.17. The Kier molecular flexibility index (Phi) is 5.05. The quantitative estimate of drug-likeness (QED) is 0.430. The molecule has 0 atom stereocenters. The molecular weight excluding hydrogens is 306 g/mol. The number of carboxylic acid groups (broad SMARTS) is 1. The molecule has 22 heavy (non-hydrogen) atoms. The zero-order valence-corrected chi connectivity index (χ0v) is 12.1. The van der Waals surface area contributed by atoms with E-state index in [1.807, 2.05) is 0 Å². The van der Waals surface area contributed by atoms with Gasteiger partial charge in [-0.05, 0) is 35.9 Å². The van der Waals surface area contributed by atoms with E-state index in [9.17, 15) is 4.79 Å². The zero-order chi connectivity index (χ0) is 15.9. The molecule has 0 aliphatic carbocycles. The number of anilines is 3. The van der Waals surface area contributed by atoms with Crippen molar-refractivity contribution in [3.63, 3.8) is 0 Å². The largest absolute Gasteiger partial charge is 0.477 e. The monoisotopic (exact) mass is 317 g/mol. The second kappa shape index (κ2) is 7.19. The van der Waals surface area contributed by atoms with Crippen molar-refractivity contribution in [3.05, 3.63) is 54.1 Å². The van der Waals surface area contributed by atoms with Crippen LogP contribution in [0.1, 0.15) is 10.4 Å². The molecule has 0 spiro atoms. The highest BCUT2D eigenvalue weighted by molar-refractivity contribution is 6.28. The number of nitrogens with zero attached hydrogens (tertiary/aromatic N) is 3. The highest BCUT2D eigenvalue weighted by Crippen LogP contribution is 2.21. The summed E-state index contributed by atoms with van der Waals surface area (Å²) < 4.78 is 0. The van der Waals surface area contributed by atoms with Crippen molar-refractivity contribution in [2.75, 3.05) is 10.6 Å². The second-order valence-electron chi connectivity index (χ2n) is 4.01. The summed E-state index contributed by atoms with van der Waals surface area (Å²) in [6, 6.07) is 7.10. The lowest BCUT2D eigenvalue weighted by molar-refractivity contribution is 0.0697. The summed E-state index contributed by atoms with van der Waals surface area (Å²) in [6.07, 6.45) is 4.07. The lowest BCUT2D eigenvalue weighted by Gasteiger charge is -2.09. The van der Waals surface area contributed by atoms with Crippen LogP contribution >= 0.6 is 11.6 Å². The van der Waals surface area contributed by atoms with E-state index in [0.29, 0.717) is 5.69 Å². The van der Waals surface area contributed by atoms with Gasteiger partial charge >= 0.3 is 5.97 Å². The summed E-state index contributed by atoms with van der Waals surface area (Å²) in [5.41, 5.74) is 1.41. The maximum atomic E-state index is 11.1. The highest BCUT2D eigenvalue weighted by Gasteiger charge is 2.13. The van der Waals surface area contributed by atoms with Gasteiger partial charge in [0.05, 0.1) is 6.34 Å². The first kappa shape index (κ1) is 15.5. The van der Waals surface area contributed by atoms with E-state index in [1.165, 1.54) is 12.5 Å². The second-order valence-corrected chi connectivity index (χ2v) is 4.35. The minimum Gasteiger partial charge on any atom is -0.477 e. The molecule has 2 aromatic rings. The van der Waals surface area contributed by atoms with Gasteiger partial charge in [0.2, 0.25) is 5.28 Å². The van der Waals surface area contributed by atoms with E-state index in [0.717, 1.165) is 11.9 Å². The van der Waals surface area contributed by atoms with Gasteiger partial charge in [0.1, 0.15) is 11.4 Å². The number of hydrogen-bond acceptors (Lipinski definition) is 5.